The Labute approximate surface area is 190 Å². The largest absolute Gasteiger partial charge is 0.461 e. The van der Waals surface area contributed by atoms with Crippen LogP contribution in [0.5, 0.6) is 0 Å². The Morgan fingerprint density at radius 1 is 0.742 bits per heavy atom. The van der Waals surface area contributed by atoms with Crippen LogP contribution in [0.1, 0.15) is 68.7 Å². The van der Waals surface area contributed by atoms with Crippen LogP contribution < -0.4 is 0 Å². The molecule has 0 aromatic carbocycles. The molecule has 4 atom stereocenters. The number of hydrogen-bond acceptors (Lipinski definition) is 8. The molecule has 0 radical (unpaired) electrons. The molecular formula is C22H43O8P. The molecule has 0 saturated heterocycles. The fourth-order valence-electron chi connectivity index (χ4n) is 2.50. The average molecular weight is 467 g/mol. The summed E-state index contributed by atoms with van der Waals surface area (Å²) in [5.41, 5.74) is -1.09. The van der Waals surface area contributed by atoms with Gasteiger partial charge >= 0.3 is 11.9 Å². The number of carbonyl (C=O) groups excluding carboxylic acids is 2. The van der Waals surface area contributed by atoms with Crippen molar-refractivity contribution in [2.75, 3.05) is 26.4 Å². The van der Waals surface area contributed by atoms with E-state index in [9.17, 15) is 9.59 Å². The molecule has 31 heavy (non-hydrogen) atoms. The van der Waals surface area contributed by atoms with E-state index in [2.05, 4.69) is 9.24 Å². The molecule has 0 aliphatic rings. The van der Waals surface area contributed by atoms with Crippen LogP contribution in [0.3, 0.4) is 0 Å². The normalized spacial score (nSPS) is 16.1. The van der Waals surface area contributed by atoms with Crippen molar-refractivity contribution in [2.24, 2.45) is 0 Å². The second kappa shape index (κ2) is 14.4. The fourth-order valence-corrected chi connectivity index (χ4v) is 2.70. The maximum Gasteiger partial charge on any atom is 0.342 e. The van der Waals surface area contributed by atoms with Crippen LogP contribution in [0, 0.1) is 0 Å². The Bertz CT molecular complexity index is 488. The average Bonchev–Trinajstić information content (AvgIpc) is 2.62. The maximum absolute atomic E-state index is 12.3. The summed E-state index contributed by atoms with van der Waals surface area (Å²) in [6.45, 7) is 17.2. The van der Waals surface area contributed by atoms with Gasteiger partial charge in [0.2, 0.25) is 0 Å². The Balaban J connectivity index is 4.20. The number of rotatable bonds is 16. The molecule has 9 heteroatoms. The highest BCUT2D eigenvalue weighted by molar-refractivity contribution is 7.20. The molecule has 184 valence electrons. The Hall–Kier alpha value is -0.790. The summed E-state index contributed by atoms with van der Waals surface area (Å²) >= 11 is 0. The van der Waals surface area contributed by atoms with Crippen LogP contribution in [-0.2, 0) is 38.0 Å². The maximum atomic E-state index is 12.3. The molecule has 0 aromatic rings. The molecule has 0 aliphatic heterocycles. The van der Waals surface area contributed by atoms with Gasteiger partial charge in [0.05, 0.1) is 37.6 Å². The van der Waals surface area contributed by atoms with E-state index in [1.165, 1.54) is 0 Å². The monoisotopic (exact) mass is 466 g/mol. The van der Waals surface area contributed by atoms with Gasteiger partial charge in [0, 0.05) is 0 Å². The summed E-state index contributed by atoms with van der Waals surface area (Å²) in [5, 5.41) is -1.17. The van der Waals surface area contributed by atoms with Crippen LogP contribution in [0.15, 0.2) is 0 Å². The minimum absolute atomic E-state index is 0.0608. The van der Waals surface area contributed by atoms with Crippen molar-refractivity contribution < 1.29 is 38.0 Å². The number of carbonyl (C=O) groups is 2. The van der Waals surface area contributed by atoms with Crippen LogP contribution in [0.25, 0.3) is 0 Å². The van der Waals surface area contributed by atoms with Gasteiger partial charge in [-0.05, 0) is 68.7 Å². The van der Waals surface area contributed by atoms with Crippen LogP contribution in [0.2, 0.25) is 0 Å². The first-order valence-corrected chi connectivity index (χ1v) is 11.5. The third kappa shape index (κ3) is 14.1. The van der Waals surface area contributed by atoms with E-state index < -0.39 is 22.9 Å². The molecule has 0 N–H and O–H groups in total. The molecule has 0 rings (SSSR count). The number of esters is 2. The van der Waals surface area contributed by atoms with E-state index in [1.54, 1.807) is 20.8 Å². The lowest BCUT2D eigenvalue weighted by Crippen LogP contribution is -2.39. The van der Waals surface area contributed by atoms with E-state index in [0.29, 0.717) is 6.42 Å². The summed E-state index contributed by atoms with van der Waals surface area (Å²) in [4.78, 5) is 24.5. The first kappa shape index (κ1) is 30.2. The fraction of sp³-hybridized carbons (Fsp3) is 0.909. The lowest BCUT2D eigenvalue weighted by molar-refractivity contribution is -0.173. The van der Waals surface area contributed by atoms with Crippen molar-refractivity contribution in [1.82, 2.24) is 0 Å². The standard InChI is InChI=1S/C22H43O8P/c1-15(2)29-17(5)13-25-19(23)21(7,8)27-11-10-12-28-22(9,31)20(24)26-14-18(6)30-16(3)4/h15-18H,10-14,31H2,1-9H3. The van der Waals surface area contributed by atoms with Gasteiger partial charge in [-0.1, -0.05) is 9.24 Å². The van der Waals surface area contributed by atoms with E-state index in [0.717, 1.165) is 0 Å². The van der Waals surface area contributed by atoms with Gasteiger partial charge in [0.15, 0.2) is 10.9 Å². The predicted octanol–water partition coefficient (Wildman–Crippen LogP) is 3.49. The van der Waals surface area contributed by atoms with E-state index in [-0.39, 0.29) is 50.8 Å². The van der Waals surface area contributed by atoms with Gasteiger partial charge in [-0.25, -0.2) is 9.59 Å². The molecule has 4 unspecified atom stereocenters. The van der Waals surface area contributed by atoms with Gasteiger partial charge in [-0.3, -0.25) is 0 Å². The minimum atomic E-state index is -1.17. The molecule has 0 aromatic heterocycles. The van der Waals surface area contributed by atoms with Crippen LogP contribution >= 0.6 is 9.24 Å². The quantitative estimate of drug-likeness (QED) is 0.194. The van der Waals surface area contributed by atoms with E-state index in [1.807, 2.05) is 41.5 Å². The third-order valence-corrected chi connectivity index (χ3v) is 4.36. The molecule has 0 spiro atoms. The second-order valence-corrected chi connectivity index (χ2v) is 9.96. The van der Waals surface area contributed by atoms with Crippen molar-refractivity contribution in [1.29, 1.82) is 0 Å². The van der Waals surface area contributed by atoms with Crippen molar-refractivity contribution in [3.8, 4) is 0 Å². The molecule has 8 nitrogen and oxygen atoms in total. The number of ether oxygens (including phenoxy) is 6. The second-order valence-electron chi connectivity index (χ2n) is 8.86. The Kier molecular flexibility index (Phi) is 14.0. The van der Waals surface area contributed by atoms with Crippen molar-refractivity contribution in [2.45, 2.75) is 104 Å². The SMILES string of the molecule is CC(C)OC(C)COC(=O)C(C)(C)OCCCOC(C)(P)C(=O)OCC(C)OC(C)C. The zero-order valence-electron chi connectivity index (χ0n) is 20.7. The minimum Gasteiger partial charge on any atom is -0.461 e. The number of hydrogen-bond donors (Lipinski definition) is 0. The van der Waals surface area contributed by atoms with E-state index in [4.69, 9.17) is 28.4 Å². The zero-order chi connectivity index (χ0) is 24.2. The molecule has 0 amide bonds. The smallest absolute Gasteiger partial charge is 0.342 e. The van der Waals surface area contributed by atoms with Crippen LogP contribution in [0.4, 0.5) is 0 Å². The van der Waals surface area contributed by atoms with Gasteiger partial charge < -0.3 is 28.4 Å². The summed E-state index contributed by atoms with van der Waals surface area (Å²) in [6.07, 6.45) is 0.237. The molecule has 0 fully saturated rings. The Morgan fingerprint density at radius 3 is 1.61 bits per heavy atom. The third-order valence-electron chi connectivity index (χ3n) is 3.96. The topological polar surface area (TPSA) is 89.5 Å². The Morgan fingerprint density at radius 2 is 1.16 bits per heavy atom. The summed E-state index contributed by atoms with van der Waals surface area (Å²) in [6, 6.07) is 0. The highest BCUT2D eigenvalue weighted by Crippen LogP contribution is 2.22. The molecular weight excluding hydrogens is 423 g/mol. The molecule has 0 saturated carbocycles. The summed E-state index contributed by atoms with van der Waals surface area (Å²) < 4.78 is 32.9. The highest BCUT2D eigenvalue weighted by atomic mass is 31.0. The van der Waals surface area contributed by atoms with Gasteiger partial charge in [0.1, 0.15) is 13.2 Å². The predicted molar refractivity (Wildman–Crippen MR) is 122 cm³/mol. The van der Waals surface area contributed by atoms with Crippen molar-refractivity contribution in [3.05, 3.63) is 0 Å². The van der Waals surface area contributed by atoms with E-state index >= 15 is 0 Å². The lowest BCUT2D eigenvalue weighted by Gasteiger charge is -2.26. The van der Waals surface area contributed by atoms with Gasteiger partial charge in [-0.2, -0.15) is 0 Å². The lowest BCUT2D eigenvalue weighted by atomic mass is 10.1. The highest BCUT2D eigenvalue weighted by Gasteiger charge is 2.32. The van der Waals surface area contributed by atoms with Gasteiger partial charge in [0.25, 0.3) is 0 Å². The van der Waals surface area contributed by atoms with Crippen molar-refractivity contribution >= 4 is 21.2 Å². The first-order chi connectivity index (χ1) is 14.2. The first-order valence-electron chi connectivity index (χ1n) is 10.9. The molecule has 0 aliphatic carbocycles. The summed E-state index contributed by atoms with van der Waals surface area (Å²) in [7, 11) is 2.37. The summed E-state index contributed by atoms with van der Waals surface area (Å²) in [5.74, 6) is -0.941. The molecule has 0 heterocycles. The van der Waals surface area contributed by atoms with Crippen LogP contribution in [-0.4, -0.2) is 73.7 Å². The van der Waals surface area contributed by atoms with Gasteiger partial charge in [-0.15, -0.1) is 0 Å². The molecule has 0 bridgehead atoms. The zero-order valence-corrected chi connectivity index (χ0v) is 21.8. The van der Waals surface area contributed by atoms with Crippen molar-refractivity contribution in [3.63, 3.8) is 0 Å².